The SMILES string of the molecule is COc1cc(/C=C\C#N)ccc1OC(=O)C(CC(C)C)N1C(=O)c2ccccc2C1=O. The van der Waals surface area contributed by atoms with E-state index in [4.69, 9.17) is 14.7 Å². The number of hydrogen-bond donors (Lipinski definition) is 0. The molecule has 2 aromatic rings. The first-order chi connectivity index (χ1) is 14.9. The van der Waals surface area contributed by atoms with Crippen LogP contribution in [0.3, 0.4) is 0 Å². The summed E-state index contributed by atoms with van der Waals surface area (Å²) in [5.41, 5.74) is 1.25. The molecule has 0 aromatic heterocycles. The molecule has 0 saturated heterocycles. The zero-order chi connectivity index (χ0) is 22.5. The van der Waals surface area contributed by atoms with Crippen LogP contribution in [-0.2, 0) is 4.79 Å². The number of carbonyl (C=O) groups is 3. The van der Waals surface area contributed by atoms with Gasteiger partial charge in [-0.3, -0.25) is 14.5 Å². The molecule has 1 unspecified atom stereocenters. The molecule has 1 atom stereocenters. The molecule has 3 rings (SSSR count). The minimum atomic E-state index is -1.07. The third-order valence-corrected chi connectivity index (χ3v) is 4.85. The van der Waals surface area contributed by atoms with Gasteiger partial charge in [0.1, 0.15) is 6.04 Å². The number of amides is 2. The predicted octanol–water partition coefficient (Wildman–Crippen LogP) is 3.85. The Balaban J connectivity index is 1.90. The molecule has 1 aliphatic heterocycles. The van der Waals surface area contributed by atoms with E-state index in [0.29, 0.717) is 11.3 Å². The van der Waals surface area contributed by atoms with Gasteiger partial charge in [0, 0.05) is 6.08 Å². The summed E-state index contributed by atoms with van der Waals surface area (Å²) >= 11 is 0. The maximum absolute atomic E-state index is 13.1. The van der Waals surface area contributed by atoms with Gasteiger partial charge in [-0.1, -0.05) is 32.0 Å². The van der Waals surface area contributed by atoms with Gasteiger partial charge in [0.2, 0.25) is 0 Å². The van der Waals surface area contributed by atoms with Crippen molar-refractivity contribution < 1.29 is 23.9 Å². The first-order valence-corrected chi connectivity index (χ1v) is 9.80. The lowest BCUT2D eigenvalue weighted by molar-refractivity contribution is -0.139. The van der Waals surface area contributed by atoms with E-state index in [1.54, 1.807) is 48.5 Å². The Kier molecular flexibility index (Phi) is 6.51. The number of carbonyl (C=O) groups excluding carboxylic acids is 3. The second-order valence-corrected chi connectivity index (χ2v) is 7.47. The Labute approximate surface area is 180 Å². The van der Waals surface area contributed by atoms with Gasteiger partial charge in [0.15, 0.2) is 11.5 Å². The molecule has 0 aliphatic carbocycles. The van der Waals surface area contributed by atoms with Crippen LogP contribution in [0.15, 0.2) is 48.5 Å². The summed E-state index contributed by atoms with van der Waals surface area (Å²) in [6.07, 6.45) is 3.17. The van der Waals surface area contributed by atoms with Crippen LogP contribution in [0.5, 0.6) is 11.5 Å². The standard InChI is InChI=1S/C24H22N2O5/c1-15(2)13-19(26-22(27)17-8-4-5-9-18(17)23(26)28)24(29)31-20-11-10-16(7-6-12-25)14-21(20)30-3/h4-11,14-15,19H,13H2,1-3H3/b7-6-. The summed E-state index contributed by atoms with van der Waals surface area (Å²) in [4.78, 5) is 39.9. The molecule has 2 aromatic carbocycles. The maximum atomic E-state index is 13.1. The van der Waals surface area contributed by atoms with Crippen LogP contribution in [0.4, 0.5) is 0 Å². The van der Waals surface area contributed by atoms with E-state index in [2.05, 4.69) is 0 Å². The monoisotopic (exact) mass is 418 g/mol. The van der Waals surface area contributed by atoms with Gasteiger partial charge >= 0.3 is 5.97 Å². The Morgan fingerprint density at radius 2 is 1.74 bits per heavy atom. The second-order valence-electron chi connectivity index (χ2n) is 7.47. The van der Waals surface area contributed by atoms with Crippen LogP contribution in [0.2, 0.25) is 0 Å². The molecular weight excluding hydrogens is 396 g/mol. The first-order valence-electron chi connectivity index (χ1n) is 9.80. The lowest BCUT2D eigenvalue weighted by atomic mass is 10.0. The summed E-state index contributed by atoms with van der Waals surface area (Å²) in [6, 6.07) is 12.2. The van der Waals surface area contributed by atoms with Crippen molar-refractivity contribution in [2.45, 2.75) is 26.3 Å². The van der Waals surface area contributed by atoms with E-state index in [1.165, 1.54) is 13.2 Å². The number of rotatable bonds is 7. The van der Waals surface area contributed by atoms with E-state index < -0.39 is 23.8 Å². The summed E-state index contributed by atoms with van der Waals surface area (Å²) in [6.45, 7) is 3.80. The molecular formula is C24H22N2O5. The fraction of sp³-hybridized carbons (Fsp3) is 0.250. The number of methoxy groups -OCH3 is 1. The van der Waals surface area contributed by atoms with Crippen LogP contribution in [-0.4, -0.2) is 35.8 Å². The highest BCUT2D eigenvalue weighted by Gasteiger charge is 2.43. The molecule has 1 aliphatic rings. The van der Waals surface area contributed by atoms with Gasteiger partial charge in [-0.2, -0.15) is 5.26 Å². The Hall–Kier alpha value is -3.92. The average Bonchev–Trinajstić information content (AvgIpc) is 3.01. The van der Waals surface area contributed by atoms with Gasteiger partial charge in [-0.15, -0.1) is 0 Å². The fourth-order valence-corrected chi connectivity index (χ4v) is 3.43. The average molecular weight is 418 g/mol. The van der Waals surface area contributed by atoms with E-state index >= 15 is 0 Å². The highest BCUT2D eigenvalue weighted by atomic mass is 16.6. The molecule has 0 saturated carbocycles. The number of hydrogen-bond acceptors (Lipinski definition) is 6. The highest BCUT2D eigenvalue weighted by Crippen LogP contribution is 2.31. The zero-order valence-corrected chi connectivity index (χ0v) is 17.5. The van der Waals surface area contributed by atoms with E-state index in [9.17, 15) is 14.4 Å². The van der Waals surface area contributed by atoms with Crippen LogP contribution in [0.1, 0.15) is 46.5 Å². The molecule has 0 radical (unpaired) electrons. The van der Waals surface area contributed by atoms with Crippen LogP contribution in [0, 0.1) is 17.2 Å². The molecule has 2 amide bonds. The fourth-order valence-electron chi connectivity index (χ4n) is 3.43. The highest BCUT2D eigenvalue weighted by molar-refractivity contribution is 6.22. The van der Waals surface area contributed by atoms with Gasteiger partial charge in [0.05, 0.1) is 24.3 Å². The van der Waals surface area contributed by atoms with Crippen LogP contribution in [0.25, 0.3) is 6.08 Å². The quantitative estimate of drug-likeness (QED) is 0.293. The van der Waals surface area contributed by atoms with Crippen molar-refractivity contribution in [3.8, 4) is 17.6 Å². The van der Waals surface area contributed by atoms with Gasteiger partial charge in [-0.25, -0.2) is 4.79 Å². The number of imide groups is 1. The molecule has 7 heteroatoms. The Morgan fingerprint density at radius 3 is 2.29 bits per heavy atom. The van der Waals surface area contributed by atoms with Crippen molar-refractivity contribution >= 4 is 23.9 Å². The van der Waals surface area contributed by atoms with Gasteiger partial charge in [-0.05, 0) is 48.2 Å². The maximum Gasteiger partial charge on any atom is 0.334 e. The minimum Gasteiger partial charge on any atom is -0.493 e. The Bertz CT molecular complexity index is 1060. The lowest BCUT2D eigenvalue weighted by Crippen LogP contribution is -2.47. The Morgan fingerprint density at radius 1 is 1.10 bits per heavy atom. The molecule has 158 valence electrons. The molecule has 1 heterocycles. The van der Waals surface area contributed by atoms with E-state index in [-0.39, 0.29) is 29.2 Å². The lowest BCUT2D eigenvalue weighted by Gasteiger charge is -2.26. The number of allylic oxidation sites excluding steroid dienone is 1. The molecule has 0 N–H and O–H groups in total. The van der Waals surface area contributed by atoms with Gasteiger partial charge in [0.25, 0.3) is 11.8 Å². The summed E-state index contributed by atoms with van der Waals surface area (Å²) in [5.74, 6) is -1.26. The van der Waals surface area contributed by atoms with Crippen molar-refractivity contribution in [1.82, 2.24) is 4.90 Å². The topological polar surface area (TPSA) is 96.7 Å². The number of nitriles is 1. The van der Waals surface area contributed by atoms with Gasteiger partial charge < -0.3 is 9.47 Å². The van der Waals surface area contributed by atoms with E-state index in [1.807, 2.05) is 19.9 Å². The predicted molar refractivity (Wildman–Crippen MR) is 113 cm³/mol. The molecule has 0 bridgehead atoms. The molecule has 0 fully saturated rings. The molecule has 7 nitrogen and oxygen atoms in total. The number of fused-ring (bicyclic) bond motifs is 1. The summed E-state index contributed by atoms with van der Waals surface area (Å²) < 4.78 is 10.9. The van der Waals surface area contributed by atoms with Crippen molar-refractivity contribution in [1.29, 1.82) is 5.26 Å². The molecule has 31 heavy (non-hydrogen) atoms. The van der Waals surface area contributed by atoms with E-state index in [0.717, 1.165) is 4.90 Å². The van der Waals surface area contributed by atoms with Crippen LogP contribution >= 0.6 is 0 Å². The number of benzene rings is 2. The number of nitrogens with zero attached hydrogens (tertiary/aromatic N) is 2. The summed E-state index contributed by atoms with van der Waals surface area (Å²) in [7, 11) is 1.43. The third-order valence-electron chi connectivity index (χ3n) is 4.85. The normalized spacial score (nSPS) is 14.0. The first kappa shape index (κ1) is 21.8. The third kappa shape index (κ3) is 4.48. The summed E-state index contributed by atoms with van der Waals surface area (Å²) in [5, 5.41) is 8.68. The molecule has 0 spiro atoms. The van der Waals surface area contributed by atoms with Crippen molar-refractivity contribution in [2.24, 2.45) is 5.92 Å². The minimum absolute atomic E-state index is 0.0299. The number of esters is 1. The second kappa shape index (κ2) is 9.26. The van der Waals surface area contributed by atoms with Crippen molar-refractivity contribution in [3.05, 3.63) is 65.2 Å². The van der Waals surface area contributed by atoms with Crippen molar-refractivity contribution in [3.63, 3.8) is 0 Å². The van der Waals surface area contributed by atoms with Crippen LogP contribution < -0.4 is 9.47 Å². The zero-order valence-electron chi connectivity index (χ0n) is 17.5. The van der Waals surface area contributed by atoms with Crippen molar-refractivity contribution in [2.75, 3.05) is 7.11 Å². The largest absolute Gasteiger partial charge is 0.493 e. The number of ether oxygens (including phenoxy) is 2. The smallest absolute Gasteiger partial charge is 0.334 e.